The summed E-state index contributed by atoms with van der Waals surface area (Å²) in [5, 5.41) is 0. The molecule has 0 radical (unpaired) electrons. The van der Waals surface area contributed by atoms with E-state index in [0.29, 0.717) is 12.0 Å². The van der Waals surface area contributed by atoms with E-state index in [1.807, 2.05) is 27.7 Å². The molecule has 0 bridgehead atoms. The Hall–Kier alpha value is 0.730. The maximum atomic E-state index is 10.8. The van der Waals surface area contributed by atoms with Crippen LogP contribution in [0.4, 0.5) is 0 Å². The van der Waals surface area contributed by atoms with Crippen LogP contribution < -0.4 is 0 Å². The molecule has 0 unspecified atom stereocenters. The minimum atomic E-state index is -0.351. The summed E-state index contributed by atoms with van der Waals surface area (Å²) in [5.41, 5.74) is 0.149. The van der Waals surface area contributed by atoms with E-state index in [0.717, 1.165) is 0 Å². The second-order valence-corrected chi connectivity index (χ2v) is 5.97. The predicted octanol–water partition coefficient (Wildman–Crippen LogP) is 3.65. The Balaban J connectivity index is -0.000000208. The van der Waals surface area contributed by atoms with Gasteiger partial charge in [-0.2, -0.15) is 0 Å². The molecule has 0 atom stereocenters. The van der Waals surface area contributed by atoms with Crippen molar-refractivity contribution in [1.82, 2.24) is 0 Å². The zero-order valence-electron chi connectivity index (χ0n) is 11.4. The molecule has 0 aromatic carbocycles. The summed E-state index contributed by atoms with van der Waals surface area (Å²) in [6.45, 7) is 16.5. The third kappa shape index (κ3) is 25.2. The van der Waals surface area contributed by atoms with Crippen LogP contribution in [-0.4, -0.2) is 12.6 Å². The van der Waals surface area contributed by atoms with Gasteiger partial charge in [0.2, 0.25) is 0 Å². The smallest absolute Gasteiger partial charge is 0.311 e. The van der Waals surface area contributed by atoms with E-state index in [1.165, 1.54) is 0 Å². The summed E-state index contributed by atoms with van der Waals surface area (Å²) in [6, 6.07) is 0. The first-order valence-corrected chi connectivity index (χ1v) is 5.15. The van der Waals surface area contributed by atoms with Gasteiger partial charge in [-0.1, -0.05) is 27.7 Å². The van der Waals surface area contributed by atoms with E-state index in [-0.39, 0.29) is 49.1 Å². The predicted molar refractivity (Wildman–Crippen MR) is 61.2 cm³/mol. The summed E-state index contributed by atoms with van der Waals surface area (Å²) in [4.78, 5) is 10.8. The van der Waals surface area contributed by atoms with Gasteiger partial charge in [0.15, 0.2) is 0 Å². The molecule has 0 rings (SSSR count). The summed E-state index contributed by atoms with van der Waals surface area (Å²) in [5.74, 6) is -0.134. The topological polar surface area (TPSA) is 26.3 Å². The van der Waals surface area contributed by atoms with Crippen molar-refractivity contribution in [3.8, 4) is 0 Å². The molecule has 0 aliphatic rings. The molecule has 15 heavy (non-hydrogen) atoms. The van der Waals surface area contributed by atoms with Crippen LogP contribution >= 0.6 is 0 Å². The summed E-state index contributed by atoms with van der Waals surface area (Å²) in [7, 11) is 0. The Labute approximate surface area is 125 Å². The first kappa shape index (κ1) is 21.1. The van der Waals surface area contributed by atoms with Crippen LogP contribution in [0.25, 0.3) is 0 Å². The van der Waals surface area contributed by atoms with Crippen LogP contribution in [0.5, 0.6) is 0 Å². The van der Waals surface area contributed by atoms with Crippen LogP contribution in [0, 0.1) is 48.6 Å². The molecule has 0 saturated heterocycles. The van der Waals surface area contributed by atoms with Gasteiger partial charge in [0.1, 0.15) is 0 Å². The average Bonchev–Trinajstić information content (AvgIpc) is 1.81. The molecule has 94 valence electrons. The number of hydrogen-bond donors (Lipinski definition) is 0. The van der Waals surface area contributed by atoms with E-state index < -0.39 is 0 Å². The van der Waals surface area contributed by atoms with Gasteiger partial charge < -0.3 is 4.74 Å². The van der Waals surface area contributed by atoms with Crippen molar-refractivity contribution in [3.05, 3.63) is 0 Å². The quantitative estimate of drug-likeness (QED) is 0.656. The summed E-state index contributed by atoms with van der Waals surface area (Å²) < 4.78 is 4.77. The number of hydrogen-bond acceptors (Lipinski definition) is 2. The molecule has 0 spiro atoms. The number of rotatable bonds is 1. The number of carbonyl (C=O) groups is 1. The van der Waals surface area contributed by atoms with E-state index in [4.69, 9.17) is 4.74 Å². The molecule has 0 saturated carbocycles. The molecule has 0 fully saturated rings. The maximum absolute atomic E-state index is 10.8. The molecular weight excluding hydrogens is 216 g/mol. The van der Waals surface area contributed by atoms with Gasteiger partial charge in [0.25, 0.3) is 0 Å². The first-order valence-electron chi connectivity index (χ1n) is 5.15. The molecule has 0 N–H and O–H groups in total. The maximum Gasteiger partial charge on any atom is 0.311 e. The minimum Gasteiger partial charge on any atom is -0.466 e. The fourth-order valence-corrected chi connectivity index (χ4v) is 0.348. The zero-order valence-corrected chi connectivity index (χ0v) is 12.1. The van der Waals surface area contributed by atoms with Crippen molar-refractivity contribution in [2.45, 2.75) is 55.4 Å². The third-order valence-corrected chi connectivity index (χ3v) is 0.888. The van der Waals surface area contributed by atoms with E-state index in [1.54, 1.807) is 0 Å². The van der Waals surface area contributed by atoms with E-state index >= 15 is 0 Å². The Bertz CT molecular complexity index is 157. The molecule has 0 aromatic rings. The van der Waals surface area contributed by atoms with Crippen LogP contribution in [-0.2, 0) is 9.53 Å². The zero-order chi connectivity index (χ0) is 12.0. The first-order chi connectivity index (χ1) is 5.98. The van der Waals surface area contributed by atoms with Gasteiger partial charge in [-0.15, -0.1) is 0 Å². The molecule has 3 heteroatoms. The average molecular weight is 242 g/mol. The summed E-state index contributed by atoms with van der Waals surface area (Å²) >= 11 is 0. The second kappa shape index (κ2) is 8.83. The largest absolute Gasteiger partial charge is 0.466 e. The van der Waals surface area contributed by atoms with Crippen molar-refractivity contribution >= 4 is 5.97 Å². The van der Waals surface area contributed by atoms with Crippen LogP contribution in [0.2, 0.25) is 0 Å². The second-order valence-electron chi connectivity index (χ2n) is 5.97. The standard InChI is InChI=1S/C7H14O2.C5H12.Ar/c1-5-9-6(8)7(2,3)4;1-5(2,3)4;/h5H2,1-4H3;1-4H3;. The van der Waals surface area contributed by atoms with Crippen molar-refractivity contribution in [1.29, 1.82) is 0 Å². The van der Waals surface area contributed by atoms with Crippen molar-refractivity contribution in [2.75, 3.05) is 6.61 Å². The Morgan fingerprint density at radius 2 is 1.27 bits per heavy atom. The van der Waals surface area contributed by atoms with Gasteiger partial charge in [0.05, 0.1) is 12.0 Å². The fourth-order valence-electron chi connectivity index (χ4n) is 0.348. The molecule has 0 aliphatic carbocycles. The third-order valence-electron chi connectivity index (χ3n) is 0.888. The molecule has 0 heterocycles. The number of esters is 1. The molecule has 0 amide bonds. The molecular formula is C12H26ArO2. The number of ether oxygens (including phenoxy) is 1. The number of carbonyl (C=O) groups excluding carboxylic acids is 1. The van der Waals surface area contributed by atoms with E-state index in [2.05, 4.69) is 27.7 Å². The van der Waals surface area contributed by atoms with Gasteiger partial charge in [-0.25, -0.2) is 0 Å². The van der Waals surface area contributed by atoms with Crippen molar-refractivity contribution < 1.29 is 47.3 Å². The Morgan fingerprint density at radius 1 is 1.00 bits per heavy atom. The van der Waals surface area contributed by atoms with Gasteiger partial charge >= 0.3 is 5.97 Å². The molecule has 2 nitrogen and oxygen atoms in total. The minimum absolute atomic E-state index is 0. The van der Waals surface area contributed by atoms with Gasteiger partial charge in [-0.3, -0.25) is 4.79 Å². The van der Waals surface area contributed by atoms with Crippen LogP contribution in [0.1, 0.15) is 55.4 Å². The normalized spacial score (nSPS) is 10.7. The monoisotopic (exact) mass is 242 g/mol. The van der Waals surface area contributed by atoms with Gasteiger partial charge in [0, 0.05) is 37.7 Å². The van der Waals surface area contributed by atoms with Crippen LogP contribution in [0.15, 0.2) is 0 Å². The van der Waals surface area contributed by atoms with Crippen LogP contribution in [0.3, 0.4) is 0 Å². The van der Waals surface area contributed by atoms with Crippen molar-refractivity contribution in [2.24, 2.45) is 10.8 Å². The van der Waals surface area contributed by atoms with Crippen molar-refractivity contribution in [3.63, 3.8) is 0 Å². The Morgan fingerprint density at radius 3 is 1.33 bits per heavy atom. The van der Waals surface area contributed by atoms with Gasteiger partial charge in [-0.05, 0) is 33.1 Å². The SMILES string of the molecule is CC(C)(C)C.CCOC(=O)C(C)(C)C.[Ar]. The Kier molecular flexibility index (Phi) is 12.4. The molecule has 0 aromatic heterocycles. The summed E-state index contributed by atoms with van der Waals surface area (Å²) in [6.07, 6.45) is 0. The van der Waals surface area contributed by atoms with E-state index in [9.17, 15) is 4.79 Å². The molecule has 0 aliphatic heterocycles. The fraction of sp³-hybridized carbons (Fsp3) is 0.917.